The van der Waals surface area contributed by atoms with Gasteiger partial charge in [-0.05, 0) is 43.3 Å². The zero-order chi connectivity index (χ0) is 17.3. The lowest BCUT2D eigenvalue weighted by atomic mass is 10.2. The molecule has 24 heavy (non-hydrogen) atoms. The van der Waals surface area contributed by atoms with Gasteiger partial charge in [0.2, 0.25) is 5.91 Å². The highest BCUT2D eigenvalue weighted by Crippen LogP contribution is 2.15. The first-order valence-corrected chi connectivity index (χ1v) is 7.65. The Morgan fingerprint density at radius 2 is 1.79 bits per heavy atom. The summed E-state index contributed by atoms with van der Waals surface area (Å²) in [6.45, 7) is 1.50. The molecule has 0 bridgehead atoms. The molecule has 0 aliphatic carbocycles. The fraction of sp³-hybridized carbons (Fsp3) is 0.118. The van der Waals surface area contributed by atoms with Crippen molar-refractivity contribution in [3.8, 4) is 0 Å². The van der Waals surface area contributed by atoms with Gasteiger partial charge in [-0.2, -0.15) is 0 Å². The second-order valence-electron chi connectivity index (χ2n) is 5.32. The van der Waals surface area contributed by atoms with Crippen molar-refractivity contribution < 1.29 is 4.79 Å². The zero-order valence-corrected chi connectivity index (χ0v) is 13.5. The lowest BCUT2D eigenvalue weighted by Crippen LogP contribution is -2.41. The number of carbonyl (C=O) groups excluding carboxylic acids is 1. The molecule has 3 rings (SSSR count). The van der Waals surface area contributed by atoms with Gasteiger partial charge in [-0.25, -0.2) is 9.36 Å². The minimum absolute atomic E-state index is 0.350. The summed E-state index contributed by atoms with van der Waals surface area (Å²) in [6, 6.07) is 12.2. The molecule has 0 spiro atoms. The number of amides is 1. The van der Waals surface area contributed by atoms with Gasteiger partial charge < -0.3 is 10.3 Å². The highest BCUT2D eigenvalue weighted by atomic mass is 35.5. The summed E-state index contributed by atoms with van der Waals surface area (Å²) in [5.74, 6) is -0.472. The van der Waals surface area contributed by atoms with Crippen molar-refractivity contribution in [1.82, 2.24) is 9.55 Å². The number of carbonyl (C=O) groups is 1. The van der Waals surface area contributed by atoms with Crippen LogP contribution in [0.5, 0.6) is 0 Å². The Kier molecular flexibility index (Phi) is 4.22. The van der Waals surface area contributed by atoms with Gasteiger partial charge in [0.15, 0.2) is 0 Å². The Bertz CT molecular complexity index is 1020. The van der Waals surface area contributed by atoms with Crippen LogP contribution in [0.15, 0.2) is 58.1 Å². The van der Waals surface area contributed by atoms with Gasteiger partial charge in [0.05, 0.1) is 10.9 Å². The van der Waals surface area contributed by atoms with Crippen LogP contribution in [0.1, 0.15) is 13.0 Å². The Labute approximate surface area is 141 Å². The maximum absolute atomic E-state index is 12.5. The van der Waals surface area contributed by atoms with E-state index in [2.05, 4.69) is 10.3 Å². The molecule has 0 radical (unpaired) electrons. The molecular formula is C17H14ClN3O3. The summed E-state index contributed by atoms with van der Waals surface area (Å²) in [7, 11) is 0. The van der Waals surface area contributed by atoms with E-state index in [1.165, 1.54) is 6.92 Å². The molecular weight excluding hydrogens is 330 g/mol. The Hall–Kier alpha value is -2.86. The molecule has 0 aliphatic heterocycles. The molecule has 1 heterocycles. The molecule has 0 saturated carbocycles. The van der Waals surface area contributed by atoms with Gasteiger partial charge in [0.1, 0.15) is 6.04 Å². The van der Waals surface area contributed by atoms with Gasteiger partial charge >= 0.3 is 5.69 Å². The SMILES string of the molecule is C[C@@H](C(=O)Nc1ccc(Cl)cc1)n1c(=O)[nH]c2ccccc2c1=O. The number of halogens is 1. The van der Waals surface area contributed by atoms with Gasteiger partial charge in [-0.1, -0.05) is 23.7 Å². The first-order valence-electron chi connectivity index (χ1n) is 7.27. The number of benzene rings is 2. The van der Waals surface area contributed by atoms with E-state index in [4.69, 9.17) is 11.6 Å². The number of para-hydroxylation sites is 1. The number of nitrogens with zero attached hydrogens (tertiary/aromatic N) is 1. The summed E-state index contributed by atoms with van der Waals surface area (Å²) in [5.41, 5.74) is -0.166. The second kappa shape index (κ2) is 6.33. The lowest BCUT2D eigenvalue weighted by Gasteiger charge is -2.15. The van der Waals surface area contributed by atoms with Crippen LogP contribution in [0.25, 0.3) is 10.9 Å². The van der Waals surface area contributed by atoms with E-state index in [9.17, 15) is 14.4 Å². The number of rotatable bonds is 3. The zero-order valence-electron chi connectivity index (χ0n) is 12.7. The number of anilines is 1. The third kappa shape index (κ3) is 2.96. The lowest BCUT2D eigenvalue weighted by molar-refractivity contribution is -0.119. The standard InChI is InChI=1S/C17H14ClN3O3/c1-10(15(22)19-12-8-6-11(18)7-9-12)21-16(23)13-4-2-3-5-14(13)20-17(21)24/h2-10H,1H3,(H,19,22)(H,20,24)/t10-/m0/s1. The third-order valence-corrected chi connectivity index (χ3v) is 3.97. The molecule has 2 aromatic carbocycles. The highest BCUT2D eigenvalue weighted by Gasteiger charge is 2.20. The smallest absolute Gasteiger partial charge is 0.324 e. The maximum atomic E-state index is 12.5. The first-order chi connectivity index (χ1) is 11.5. The van der Waals surface area contributed by atoms with Crippen LogP contribution >= 0.6 is 11.6 Å². The average molecular weight is 344 g/mol. The van der Waals surface area contributed by atoms with Crippen molar-refractivity contribution in [3.05, 3.63) is 74.4 Å². The highest BCUT2D eigenvalue weighted by molar-refractivity contribution is 6.30. The largest absolute Gasteiger partial charge is 0.329 e. The number of aromatic nitrogens is 2. The Morgan fingerprint density at radius 3 is 2.50 bits per heavy atom. The van der Waals surface area contributed by atoms with E-state index < -0.39 is 23.2 Å². The minimum Gasteiger partial charge on any atom is -0.324 e. The Morgan fingerprint density at radius 1 is 1.12 bits per heavy atom. The summed E-state index contributed by atoms with van der Waals surface area (Å²) >= 11 is 5.80. The van der Waals surface area contributed by atoms with Crippen LogP contribution in [-0.4, -0.2) is 15.5 Å². The number of hydrogen-bond acceptors (Lipinski definition) is 3. The second-order valence-corrected chi connectivity index (χ2v) is 5.76. The third-order valence-electron chi connectivity index (χ3n) is 3.72. The van der Waals surface area contributed by atoms with Gasteiger partial charge in [0.25, 0.3) is 5.56 Å². The molecule has 0 fully saturated rings. The molecule has 1 aromatic heterocycles. The van der Waals surface area contributed by atoms with E-state index in [0.29, 0.717) is 21.6 Å². The van der Waals surface area contributed by atoms with Gasteiger partial charge in [-0.15, -0.1) is 0 Å². The fourth-order valence-electron chi connectivity index (χ4n) is 2.42. The molecule has 122 valence electrons. The minimum atomic E-state index is -0.971. The van der Waals surface area contributed by atoms with Gasteiger partial charge in [0, 0.05) is 10.7 Å². The quantitative estimate of drug-likeness (QED) is 0.766. The number of nitrogens with one attached hydrogen (secondary N) is 2. The van der Waals surface area contributed by atoms with E-state index in [1.54, 1.807) is 48.5 Å². The summed E-state index contributed by atoms with van der Waals surface area (Å²) < 4.78 is 0.910. The molecule has 0 saturated heterocycles. The first kappa shape index (κ1) is 16.0. The fourth-order valence-corrected chi connectivity index (χ4v) is 2.55. The van der Waals surface area contributed by atoms with Gasteiger partial charge in [-0.3, -0.25) is 9.59 Å². The average Bonchev–Trinajstić information content (AvgIpc) is 2.56. The molecule has 0 aliphatic rings. The summed E-state index contributed by atoms with van der Waals surface area (Å²) in [4.78, 5) is 39.7. The molecule has 0 unspecified atom stereocenters. The van der Waals surface area contributed by atoms with Crippen molar-refractivity contribution in [3.63, 3.8) is 0 Å². The van der Waals surface area contributed by atoms with Crippen molar-refractivity contribution >= 4 is 34.1 Å². The van der Waals surface area contributed by atoms with E-state index in [0.717, 1.165) is 4.57 Å². The predicted molar refractivity (Wildman–Crippen MR) is 93.6 cm³/mol. The van der Waals surface area contributed by atoms with Crippen LogP contribution in [0.3, 0.4) is 0 Å². The molecule has 1 amide bonds. The Balaban J connectivity index is 1.97. The van der Waals surface area contributed by atoms with Crippen LogP contribution in [0.4, 0.5) is 5.69 Å². The predicted octanol–water partition coefficient (Wildman–Crippen LogP) is 2.54. The number of hydrogen-bond donors (Lipinski definition) is 2. The van der Waals surface area contributed by atoms with E-state index in [-0.39, 0.29) is 0 Å². The number of aromatic amines is 1. The van der Waals surface area contributed by atoms with Crippen molar-refractivity contribution in [2.24, 2.45) is 0 Å². The van der Waals surface area contributed by atoms with Crippen molar-refractivity contribution in [2.45, 2.75) is 13.0 Å². The monoisotopic (exact) mass is 343 g/mol. The van der Waals surface area contributed by atoms with Crippen LogP contribution in [-0.2, 0) is 4.79 Å². The molecule has 6 nitrogen and oxygen atoms in total. The summed E-state index contributed by atoms with van der Waals surface area (Å²) in [6.07, 6.45) is 0. The molecule has 3 aromatic rings. The van der Waals surface area contributed by atoms with Crippen molar-refractivity contribution in [1.29, 1.82) is 0 Å². The van der Waals surface area contributed by atoms with Crippen LogP contribution < -0.4 is 16.6 Å². The summed E-state index contributed by atoms with van der Waals surface area (Å²) in [5, 5.41) is 3.55. The van der Waals surface area contributed by atoms with E-state index in [1.807, 2.05) is 0 Å². The van der Waals surface area contributed by atoms with Crippen LogP contribution in [0.2, 0.25) is 5.02 Å². The number of fused-ring (bicyclic) bond motifs is 1. The topological polar surface area (TPSA) is 84.0 Å². The molecule has 2 N–H and O–H groups in total. The van der Waals surface area contributed by atoms with Crippen molar-refractivity contribution in [2.75, 3.05) is 5.32 Å². The maximum Gasteiger partial charge on any atom is 0.329 e. The number of H-pyrrole nitrogens is 1. The van der Waals surface area contributed by atoms with Crippen LogP contribution in [0, 0.1) is 0 Å². The normalized spacial score (nSPS) is 12.1. The molecule has 1 atom stereocenters. The molecule has 7 heteroatoms. The van der Waals surface area contributed by atoms with E-state index >= 15 is 0 Å².